The molecule has 1 aromatic carbocycles. The second-order valence-corrected chi connectivity index (χ2v) is 8.53. The van der Waals surface area contributed by atoms with E-state index in [2.05, 4.69) is 10.2 Å². The second-order valence-electron chi connectivity index (χ2n) is 8.53. The molecule has 6 heteroatoms. The van der Waals surface area contributed by atoms with Gasteiger partial charge in [-0.05, 0) is 37.8 Å². The fourth-order valence-corrected chi connectivity index (χ4v) is 4.92. The van der Waals surface area contributed by atoms with E-state index in [0.717, 1.165) is 57.3 Å². The number of carbonyl (C=O) groups excluding carboxylic acids is 3. The van der Waals surface area contributed by atoms with Crippen LogP contribution in [-0.4, -0.2) is 47.3 Å². The highest BCUT2D eigenvalue weighted by atomic mass is 16.2. The molecule has 2 heterocycles. The molecule has 28 heavy (non-hydrogen) atoms. The minimum absolute atomic E-state index is 0.0177. The molecule has 0 bridgehead atoms. The number of benzene rings is 1. The normalized spacial score (nSPS) is 23.4. The van der Waals surface area contributed by atoms with Crippen LogP contribution in [0.1, 0.15) is 51.4 Å². The molecule has 0 unspecified atom stereocenters. The molecule has 4 rings (SSSR count). The predicted molar refractivity (Wildman–Crippen MR) is 106 cm³/mol. The molecular weight excluding hydrogens is 354 g/mol. The SMILES string of the molecule is O=C(Nc1ccccc1)C1CCN(CN2C(=O)CC3(CCCCC3)C2=O)CC1. The topological polar surface area (TPSA) is 69.7 Å². The first-order valence-corrected chi connectivity index (χ1v) is 10.5. The van der Waals surface area contributed by atoms with Crippen LogP contribution >= 0.6 is 0 Å². The standard InChI is InChI=1S/C22H29N3O3/c26-19-15-22(11-5-2-6-12-22)21(28)25(19)16-24-13-9-17(10-14-24)20(27)23-18-7-3-1-4-8-18/h1,3-4,7-8,17H,2,5-6,9-16H2,(H,23,27). The van der Waals surface area contributed by atoms with Crippen LogP contribution in [0.5, 0.6) is 0 Å². The smallest absolute Gasteiger partial charge is 0.237 e. The van der Waals surface area contributed by atoms with Gasteiger partial charge in [-0.15, -0.1) is 0 Å². The van der Waals surface area contributed by atoms with Crippen molar-refractivity contribution in [2.45, 2.75) is 51.4 Å². The highest BCUT2D eigenvalue weighted by Crippen LogP contribution is 2.45. The minimum atomic E-state index is -0.413. The quantitative estimate of drug-likeness (QED) is 0.812. The molecule has 150 valence electrons. The molecular formula is C22H29N3O3. The van der Waals surface area contributed by atoms with E-state index in [-0.39, 0.29) is 23.6 Å². The van der Waals surface area contributed by atoms with Crippen molar-refractivity contribution in [1.29, 1.82) is 0 Å². The van der Waals surface area contributed by atoms with Gasteiger partial charge in [-0.1, -0.05) is 37.5 Å². The zero-order valence-electron chi connectivity index (χ0n) is 16.4. The monoisotopic (exact) mass is 383 g/mol. The number of para-hydroxylation sites is 1. The Labute approximate surface area is 166 Å². The molecule has 1 aliphatic carbocycles. The molecule has 1 spiro atoms. The summed E-state index contributed by atoms with van der Waals surface area (Å²) in [6, 6.07) is 9.51. The van der Waals surface area contributed by atoms with Gasteiger partial charge in [0, 0.05) is 31.1 Å². The number of anilines is 1. The molecule has 0 aromatic heterocycles. The maximum absolute atomic E-state index is 13.0. The van der Waals surface area contributed by atoms with Crippen LogP contribution < -0.4 is 5.32 Å². The Hall–Kier alpha value is -2.21. The first-order chi connectivity index (χ1) is 13.6. The lowest BCUT2D eigenvalue weighted by Crippen LogP contribution is -2.47. The van der Waals surface area contributed by atoms with Crippen LogP contribution in [0.3, 0.4) is 0 Å². The number of carbonyl (C=O) groups is 3. The van der Waals surface area contributed by atoms with Gasteiger partial charge in [-0.2, -0.15) is 0 Å². The summed E-state index contributed by atoms with van der Waals surface area (Å²) in [4.78, 5) is 41.6. The largest absolute Gasteiger partial charge is 0.326 e. The zero-order chi connectivity index (χ0) is 19.6. The molecule has 1 aromatic rings. The van der Waals surface area contributed by atoms with Crippen LogP contribution in [0.25, 0.3) is 0 Å². The van der Waals surface area contributed by atoms with Crippen LogP contribution in [0.4, 0.5) is 5.69 Å². The maximum atomic E-state index is 13.0. The van der Waals surface area contributed by atoms with Gasteiger partial charge in [-0.25, -0.2) is 0 Å². The van der Waals surface area contributed by atoms with Crippen LogP contribution in [0.2, 0.25) is 0 Å². The van der Waals surface area contributed by atoms with Crippen LogP contribution in [-0.2, 0) is 14.4 Å². The lowest BCUT2D eigenvalue weighted by molar-refractivity contribution is -0.145. The van der Waals surface area contributed by atoms with Gasteiger partial charge in [0.2, 0.25) is 17.7 Å². The molecule has 3 aliphatic rings. The van der Waals surface area contributed by atoms with Crippen LogP contribution in [0.15, 0.2) is 30.3 Å². The average molecular weight is 383 g/mol. The third-order valence-corrected chi connectivity index (χ3v) is 6.64. The number of likely N-dealkylation sites (tertiary alicyclic amines) is 2. The summed E-state index contributed by atoms with van der Waals surface area (Å²) in [6.45, 7) is 1.85. The van der Waals surface area contributed by atoms with Gasteiger partial charge in [0.25, 0.3) is 0 Å². The third kappa shape index (κ3) is 3.83. The molecule has 3 fully saturated rings. The second kappa shape index (κ2) is 8.03. The van der Waals surface area contributed by atoms with Gasteiger partial charge < -0.3 is 5.32 Å². The zero-order valence-corrected chi connectivity index (χ0v) is 16.4. The van der Waals surface area contributed by atoms with Gasteiger partial charge in [0.05, 0.1) is 12.1 Å². The first kappa shape index (κ1) is 19.1. The lowest BCUT2D eigenvalue weighted by atomic mass is 9.73. The lowest BCUT2D eigenvalue weighted by Gasteiger charge is -2.35. The van der Waals surface area contributed by atoms with Crippen molar-refractivity contribution in [3.8, 4) is 0 Å². The molecule has 1 N–H and O–H groups in total. The molecule has 2 aliphatic heterocycles. The molecule has 0 radical (unpaired) electrons. The summed E-state index contributed by atoms with van der Waals surface area (Å²) in [7, 11) is 0. The summed E-state index contributed by atoms with van der Waals surface area (Å²) in [5, 5.41) is 2.98. The number of amides is 3. The fraction of sp³-hybridized carbons (Fsp3) is 0.591. The predicted octanol–water partition coefficient (Wildman–Crippen LogP) is 3.00. The molecule has 6 nitrogen and oxygen atoms in total. The molecule has 3 amide bonds. The summed E-state index contributed by atoms with van der Waals surface area (Å²) in [6.07, 6.45) is 6.87. The van der Waals surface area contributed by atoms with E-state index in [4.69, 9.17) is 0 Å². The number of nitrogens with one attached hydrogen (secondary N) is 1. The van der Waals surface area contributed by atoms with E-state index in [9.17, 15) is 14.4 Å². The van der Waals surface area contributed by atoms with Crippen molar-refractivity contribution in [1.82, 2.24) is 9.80 Å². The van der Waals surface area contributed by atoms with Crippen molar-refractivity contribution in [3.05, 3.63) is 30.3 Å². The van der Waals surface area contributed by atoms with E-state index in [1.165, 1.54) is 11.3 Å². The molecule has 2 saturated heterocycles. The fourth-order valence-electron chi connectivity index (χ4n) is 4.92. The number of hydrogen-bond acceptors (Lipinski definition) is 4. The summed E-state index contributed by atoms with van der Waals surface area (Å²) in [5.74, 6) is 0.0587. The number of hydrogen-bond donors (Lipinski definition) is 1. The van der Waals surface area contributed by atoms with E-state index in [0.29, 0.717) is 13.1 Å². The number of nitrogens with zero attached hydrogens (tertiary/aromatic N) is 2. The molecule has 0 atom stereocenters. The summed E-state index contributed by atoms with van der Waals surface area (Å²) >= 11 is 0. The summed E-state index contributed by atoms with van der Waals surface area (Å²) in [5.41, 5.74) is 0.407. The highest BCUT2D eigenvalue weighted by Gasteiger charge is 2.51. The maximum Gasteiger partial charge on any atom is 0.237 e. The van der Waals surface area contributed by atoms with Crippen molar-refractivity contribution in [2.24, 2.45) is 11.3 Å². The highest BCUT2D eigenvalue weighted by molar-refractivity contribution is 6.05. The van der Waals surface area contributed by atoms with Gasteiger partial charge in [-0.3, -0.25) is 24.2 Å². The van der Waals surface area contributed by atoms with Crippen molar-refractivity contribution >= 4 is 23.4 Å². The average Bonchev–Trinajstić information content (AvgIpc) is 2.94. The van der Waals surface area contributed by atoms with E-state index < -0.39 is 5.41 Å². The number of imide groups is 1. The van der Waals surface area contributed by atoms with E-state index in [1.54, 1.807) is 0 Å². The van der Waals surface area contributed by atoms with Crippen molar-refractivity contribution in [3.63, 3.8) is 0 Å². The Kier molecular flexibility index (Phi) is 5.49. The Morgan fingerprint density at radius 2 is 1.71 bits per heavy atom. The van der Waals surface area contributed by atoms with Crippen molar-refractivity contribution < 1.29 is 14.4 Å². The van der Waals surface area contributed by atoms with Gasteiger partial charge >= 0.3 is 0 Å². The van der Waals surface area contributed by atoms with Gasteiger partial charge in [0.15, 0.2) is 0 Å². The van der Waals surface area contributed by atoms with Crippen LogP contribution in [0, 0.1) is 11.3 Å². The Morgan fingerprint density at radius 3 is 2.39 bits per heavy atom. The Morgan fingerprint density at radius 1 is 1.04 bits per heavy atom. The Balaban J connectivity index is 1.29. The summed E-state index contributed by atoms with van der Waals surface area (Å²) < 4.78 is 0. The van der Waals surface area contributed by atoms with Gasteiger partial charge in [0.1, 0.15) is 0 Å². The Bertz CT molecular complexity index is 735. The third-order valence-electron chi connectivity index (χ3n) is 6.64. The molecule has 1 saturated carbocycles. The van der Waals surface area contributed by atoms with E-state index in [1.807, 2.05) is 30.3 Å². The number of piperidine rings is 1. The first-order valence-electron chi connectivity index (χ1n) is 10.5. The minimum Gasteiger partial charge on any atom is -0.326 e. The van der Waals surface area contributed by atoms with Crippen molar-refractivity contribution in [2.75, 3.05) is 25.1 Å². The number of rotatable bonds is 4. The van der Waals surface area contributed by atoms with E-state index >= 15 is 0 Å².